The zero-order chi connectivity index (χ0) is 18.6. The Morgan fingerprint density at radius 1 is 1.00 bits per heavy atom. The predicted octanol–water partition coefficient (Wildman–Crippen LogP) is 3.71. The van der Waals surface area contributed by atoms with E-state index in [1.54, 1.807) is 11.1 Å². The second-order valence-electron chi connectivity index (χ2n) is 6.97. The topological polar surface area (TPSA) is 45.2 Å². The molecule has 4 heteroatoms. The summed E-state index contributed by atoms with van der Waals surface area (Å²) in [6.45, 7) is 1.55. The molecule has 0 radical (unpaired) electrons. The number of carbonyl (C=O) groups is 1. The van der Waals surface area contributed by atoms with Gasteiger partial charge in [-0.2, -0.15) is 0 Å². The first-order valence-electron chi connectivity index (χ1n) is 9.28. The Hall–Kier alpha value is -2.98. The second kappa shape index (κ2) is 7.72. The number of rotatable bonds is 4. The Morgan fingerprint density at radius 3 is 2.59 bits per heavy atom. The highest BCUT2D eigenvalue weighted by atomic mass is 16.2. The molecule has 1 saturated heterocycles. The van der Waals surface area contributed by atoms with Crippen LogP contribution < -0.4 is 10.2 Å². The molecule has 27 heavy (non-hydrogen) atoms. The van der Waals surface area contributed by atoms with Gasteiger partial charge in [0.15, 0.2) is 0 Å². The van der Waals surface area contributed by atoms with Crippen molar-refractivity contribution in [1.29, 1.82) is 0 Å². The molecule has 1 aliphatic heterocycles. The number of benzene rings is 2. The predicted molar refractivity (Wildman–Crippen MR) is 109 cm³/mol. The molecule has 1 aliphatic rings. The van der Waals surface area contributed by atoms with Gasteiger partial charge in [0.2, 0.25) is 5.91 Å². The fourth-order valence-electron chi connectivity index (χ4n) is 3.79. The van der Waals surface area contributed by atoms with Crippen LogP contribution in [0.25, 0.3) is 11.1 Å². The molecule has 2 aromatic carbocycles. The number of nitrogens with zero attached hydrogens (tertiary/aromatic N) is 2. The molecule has 0 aliphatic carbocycles. The van der Waals surface area contributed by atoms with Gasteiger partial charge in [0.1, 0.15) is 0 Å². The number of hydrogen-bond acceptors (Lipinski definition) is 3. The summed E-state index contributed by atoms with van der Waals surface area (Å²) in [4.78, 5) is 19.2. The zero-order valence-corrected chi connectivity index (χ0v) is 15.4. The maximum absolute atomic E-state index is 13.3. The molecule has 0 unspecified atom stereocenters. The molecule has 0 saturated carbocycles. The summed E-state index contributed by atoms with van der Waals surface area (Å²) in [5.41, 5.74) is 4.23. The summed E-state index contributed by atoms with van der Waals surface area (Å²) in [7, 11) is 1.87. The molecule has 4 nitrogen and oxygen atoms in total. The Morgan fingerprint density at radius 2 is 1.81 bits per heavy atom. The van der Waals surface area contributed by atoms with Crippen molar-refractivity contribution in [2.24, 2.45) is 5.92 Å². The number of aromatic nitrogens is 1. The average Bonchev–Trinajstić information content (AvgIpc) is 3.24. The van der Waals surface area contributed by atoms with Gasteiger partial charge in [-0.1, -0.05) is 48.5 Å². The minimum absolute atomic E-state index is 0.0561. The van der Waals surface area contributed by atoms with Crippen LogP contribution in [-0.2, 0) is 4.79 Å². The van der Waals surface area contributed by atoms with Crippen LogP contribution in [0.2, 0.25) is 0 Å². The summed E-state index contributed by atoms with van der Waals surface area (Å²) in [6.07, 6.45) is 3.60. The highest BCUT2D eigenvalue weighted by Gasteiger charge is 2.35. The normalized spacial score (nSPS) is 19.0. The molecule has 1 N–H and O–H groups in total. The maximum Gasteiger partial charge on any atom is 0.231 e. The van der Waals surface area contributed by atoms with E-state index in [2.05, 4.69) is 28.5 Å². The van der Waals surface area contributed by atoms with Crippen LogP contribution in [0.1, 0.15) is 11.5 Å². The lowest BCUT2D eigenvalue weighted by molar-refractivity contribution is -0.121. The minimum Gasteiger partial charge on any atom is -0.315 e. The summed E-state index contributed by atoms with van der Waals surface area (Å²) in [5, 5.41) is 3.39. The quantitative estimate of drug-likeness (QED) is 0.774. The highest BCUT2D eigenvalue weighted by Crippen LogP contribution is 2.31. The van der Waals surface area contributed by atoms with Crippen molar-refractivity contribution in [3.8, 4) is 11.1 Å². The van der Waals surface area contributed by atoms with Gasteiger partial charge in [0.25, 0.3) is 0 Å². The standard InChI is InChI=1S/C23H23N3O/c1-26(20-11-5-9-18(13-20)19-10-6-12-24-14-19)23(27)22-16-25-15-21(22)17-7-3-2-4-8-17/h2-14,21-22,25H,15-16H2,1H3/t21-,22+/m0/s1. The van der Waals surface area contributed by atoms with Gasteiger partial charge < -0.3 is 10.2 Å². The first kappa shape index (κ1) is 17.4. The number of hydrogen-bond donors (Lipinski definition) is 1. The van der Waals surface area contributed by atoms with Gasteiger partial charge in [-0.3, -0.25) is 9.78 Å². The number of carbonyl (C=O) groups excluding carboxylic acids is 1. The molecule has 1 amide bonds. The third kappa shape index (κ3) is 3.62. The molecule has 1 fully saturated rings. The van der Waals surface area contributed by atoms with E-state index in [0.717, 1.165) is 23.4 Å². The Kier molecular flexibility index (Phi) is 4.99. The number of amides is 1. The number of pyridine rings is 1. The average molecular weight is 357 g/mol. The van der Waals surface area contributed by atoms with Gasteiger partial charge in [-0.15, -0.1) is 0 Å². The van der Waals surface area contributed by atoms with Crippen LogP contribution in [0, 0.1) is 5.92 Å². The lowest BCUT2D eigenvalue weighted by Gasteiger charge is -2.25. The summed E-state index contributed by atoms with van der Waals surface area (Å²) in [5.74, 6) is 0.305. The molecule has 0 bridgehead atoms. The lowest BCUT2D eigenvalue weighted by Crippen LogP contribution is -2.36. The molecule has 2 heterocycles. The largest absolute Gasteiger partial charge is 0.315 e. The van der Waals surface area contributed by atoms with Crippen LogP contribution in [0.4, 0.5) is 5.69 Å². The Labute approximate surface area is 159 Å². The van der Waals surface area contributed by atoms with Crippen molar-refractivity contribution >= 4 is 11.6 Å². The highest BCUT2D eigenvalue weighted by molar-refractivity contribution is 5.96. The van der Waals surface area contributed by atoms with Crippen molar-refractivity contribution in [2.75, 3.05) is 25.0 Å². The zero-order valence-electron chi connectivity index (χ0n) is 15.4. The van der Waals surface area contributed by atoms with Gasteiger partial charge >= 0.3 is 0 Å². The van der Waals surface area contributed by atoms with Crippen molar-refractivity contribution in [1.82, 2.24) is 10.3 Å². The van der Waals surface area contributed by atoms with Crippen LogP contribution in [0.15, 0.2) is 79.1 Å². The van der Waals surface area contributed by atoms with Crippen molar-refractivity contribution in [3.05, 3.63) is 84.7 Å². The fraction of sp³-hybridized carbons (Fsp3) is 0.217. The minimum atomic E-state index is -0.0561. The molecule has 3 aromatic rings. The van der Waals surface area contributed by atoms with E-state index in [1.807, 2.05) is 61.8 Å². The number of nitrogens with one attached hydrogen (secondary N) is 1. The SMILES string of the molecule is CN(C(=O)[C@@H]1CNC[C@H]1c1ccccc1)c1cccc(-c2cccnc2)c1. The Bertz CT molecular complexity index is 911. The van der Waals surface area contributed by atoms with Gasteiger partial charge in [0.05, 0.1) is 5.92 Å². The summed E-state index contributed by atoms with van der Waals surface area (Å²) >= 11 is 0. The second-order valence-corrected chi connectivity index (χ2v) is 6.97. The molecule has 4 rings (SSSR count). The van der Waals surface area contributed by atoms with Crippen LogP contribution in [-0.4, -0.2) is 31.0 Å². The van der Waals surface area contributed by atoms with Crippen LogP contribution in [0.5, 0.6) is 0 Å². The van der Waals surface area contributed by atoms with E-state index in [0.29, 0.717) is 6.54 Å². The van der Waals surface area contributed by atoms with Gasteiger partial charge in [0, 0.05) is 49.7 Å². The van der Waals surface area contributed by atoms with E-state index in [4.69, 9.17) is 0 Å². The van der Waals surface area contributed by atoms with E-state index in [1.165, 1.54) is 5.56 Å². The lowest BCUT2D eigenvalue weighted by atomic mass is 9.88. The third-order valence-corrected chi connectivity index (χ3v) is 5.32. The summed E-state index contributed by atoms with van der Waals surface area (Å²) < 4.78 is 0. The molecular formula is C23H23N3O. The summed E-state index contributed by atoms with van der Waals surface area (Å²) in [6, 6.07) is 22.3. The fourth-order valence-corrected chi connectivity index (χ4v) is 3.79. The van der Waals surface area contributed by atoms with Gasteiger partial charge in [-0.25, -0.2) is 0 Å². The van der Waals surface area contributed by atoms with E-state index >= 15 is 0 Å². The molecule has 2 atom stereocenters. The molecule has 1 aromatic heterocycles. The molecule has 136 valence electrons. The molecule has 0 spiro atoms. The Balaban J connectivity index is 1.57. The smallest absolute Gasteiger partial charge is 0.231 e. The van der Waals surface area contributed by atoms with E-state index < -0.39 is 0 Å². The monoisotopic (exact) mass is 357 g/mol. The van der Waals surface area contributed by atoms with Crippen molar-refractivity contribution in [3.63, 3.8) is 0 Å². The van der Waals surface area contributed by atoms with Crippen molar-refractivity contribution in [2.45, 2.75) is 5.92 Å². The van der Waals surface area contributed by atoms with Gasteiger partial charge in [-0.05, 0) is 29.3 Å². The maximum atomic E-state index is 13.3. The molecular weight excluding hydrogens is 334 g/mol. The van der Waals surface area contributed by atoms with E-state index in [9.17, 15) is 4.79 Å². The number of anilines is 1. The van der Waals surface area contributed by atoms with Crippen LogP contribution in [0.3, 0.4) is 0 Å². The van der Waals surface area contributed by atoms with Crippen molar-refractivity contribution < 1.29 is 4.79 Å². The van der Waals surface area contributed by atoms with Crippen LogP contribution >= 0.6 is 0 Å². The first-order chi connectivity index (χ1) is 13.2. The first-order valence-corrected chi connectivity index (χ1v) is 9.28. The third-order valence-electron chi connectivity index (χ3n) is 5.32. The van der Waals surface area contributed by atoms with E-state index in [-0.39, 0.29) is 17.7 Å².